The van der Waals surface area contributed by atoms with E-state index in [4.69, 9.17) is 14.5 Å². The second-order valence-electron chi connectivity index (χ2n) is 12.1. The fourth-order valence-corrected chi connectivity index (χ4v) is 7.63. The van der Waals surface area contributed by atoms with Crippen LogP contribution in [0.15, 0.2) is 29.6 Å². The van der Waals surface area contributed by atoms with E-state index in [1.54, 1.807) is 47.2 Å². The summed E-state index contributed by atoms with van der Waals surface area (Å²) >= 11 is 3.24. The van der Waals surface area contributed by atoms with Crippen LogP contribution in [0.5, 0.6) is 0 Å². The third-order valence-corrected chi connectivity index (χ3v) is 11.1. The van der Waals surface area contributed by atoms with Crippen LogP contribution in [-0.2, 0) is 19.1 Å². The van der Waals surface area contributed by atoms with Gasteiger partial charge in [-0.3, -0.25) is 19.3 Å². The molecule has 3 aliphatic rings. The molecule has 0 saturated carbocycles. The van der Waals surface area contributed by atoms with Crippen molar-refractivity contribution in [3.8, 4) is 11.3 Å². The Hall–Kier alpha value is -2.51. The summed E-state index contributed by atoms with van der Waals surface area (Å²) in [6.45, 7) is 12.0. The normalized spacial score (nSPS) is 23.5. The molecule has 5 rings (SSSR count). The van der Waals surface area contributed by atoms with Crippen molar-refractivity contribution in [1.29, 1.82) is 0 Å². The zero-order valence-corrected chi connectivity index (χ0v) is 27.3. The van der Waals surface area contributed by atoms with Gasteiger partial charge in [-0.2, -0.15) is 11.8 Å². The molecule has 0 radical (unpaired) electrons. The summed E-state index contributed by atoms with van der Waals surface area (Å²) in [5.74, 6) is -0.612. The quantitative estimate of drug-likeness (QED) is 0.402. The Balaban J connectivity index is 1.25. The number of benzene rings is 1. The van der Waals surface area contributed by atoms with Gasteiger partial charge >= 0.3 is 0 Å². The molecule has 0 spiro atoms. The number of ketones is 1. The molecule has 0 bridgehead atoms. The predicted octanol–water partition coefficient (Wildman–Crippen LogP) is 3.02. The number of carbonyl (C=O) groups is 3. The predicted molar refractivity (Wildman–Crippen MR) is 171 cm³/mol. The van der Waals surface area contributed by atoms with Crippen LogP contribution in [0.1, 0.15) is 37.6 Å². The van der Waals surface area contributed by atoms with Crippen molar-refractivity contribution in [3.05, 3.63) is 35.2 Å². The number of aromatic nitrogens is 1. The van der Waals surface area contributed by atoms with Gasteiger partial charge in [0.15, 0.2) is 10.9 Å². The van der Waals surface area contributed by atoms with E-state index in [2.05, 4.69) is 20.5 Å². The fourth-order valence-electron chi connectivity index (χ4n) is 5.94. The molecule has 1 N–H and O–H groups in total. The van der Waals surface area contributed by atoms with Crippen LogP contribution in [0.2, 0.25) is 0 Å². The van der Waals surface area contributed by atoms with E-state index in [1.165, 1.54) is 0 Å². The third kappa shape index (κ3) is 6.78. The lowest BCUT2D eigenvalue weighted by Crippen LogP contribution is -2.57. The summed E-state index contributed by atoms with van der Waals surface area (Å²) in [6.07, 6.45) is 2.35. The summed E-state index contributed by atoms with van der Waals surface area (Å²) in [5.41, 5.74) is 1.77. The molecule has 12 heteroatoms. The summed E-state index contributed by atoms with van der Waals surface area (Å²) in [6, 6.07) is 6.00. The molecule has 1 aromatic heterocycles. The minimum absolute atomic E-state index is 0.0305. The summed E-state index contributed by atoms with van der Waals surface area (Å²) in [5, 5.41) is 6.12. The molecule has 1 aromatic carbocycles. The molecule has 3 saturated heterocycles. The van der Waals surface area contributed by atoms with Gasteiger partial charge in [-0.1, -0.05) is 32.9 Å². The average molecular weight is 630 g/mol. The molecule has 4 atom stereocenters. The molecule has 2 amide bonds. The number of thioether (sulfide) groups is 1. The number of nitrogens with zero attached hydrogens (tertiary/aromatic N) is 4. The van der Waals surface area contributed by atoms with Gasteiger partial charge in [0, 0.05) is 62.9 Å². The molecular weight excluding hydrogens is 587 g/mol. The Morgan fingerprint density at radius 3 is 2.58 bits per heavy atom. The van der Waals surface area contributed by atoms with Crippen molar-refractivity contribution in [2.24, 2.45) is 5.41 Å². The first-order valence-corrected chi connectivity index (χ1v) is 17.1. The Kier molecular flexibility index (Phi) is 10.1. The van der Waals surface area contributed by atoms with E-state index in [9.17, 15) is 14.4 Å². The van der Waals surface area contributed by atoms with Crippen molar-refractivity contribution < 1.29 is 23.9 Å². The number of anilines is 1. The van der Waals surface area contributed by atoms with E-state index < -0.39 is 17.5 Å². The monoisotopic (exact) mass is 629 g/mol. The molecule has 43 heavy (non-hydrogen) atoms. The molecule has 0 aliphatic carbocycles. The van der Waals surface area contributed by atoms with Crippen molar-refractivity contribution in [2.45, 2.75) is 50.6 Å². The van der Waals surface area contributed by atoms with Crippen LogP contribution >= 0.6 is 23.1 Å². The SMILES string of the molecule is CCC(C)(C)[C@H](NC(=O)c1ccc(-c2csc(N3CCN(CCOC)CC3)n2)cc1)C(=O)N1C[C@H](SC)[C@H]2OCC(=O)[C@H]21. The number of thiazole rings is 1. The minimum atomic E-state index is -0.782. The molecule has 3 aliphatic heterocycles. The smallest absolute Gasteiger partial charge is 0.251 e. The van der Waals surface area contributed by atoms with E-state index in [-0.39, 0.29) is 35.6 Å². The zero-order valence-electron chi connectivity index (χ0n) is 25.7. The molecule has 3 fully saturated rings. The number of likely N-dealkylation sites (tertiary alicyclic amines) is 1. The second kappa shape index (κ2) is 13.6. The maximum absolute atomic E-state index is 14.0. The Morgan fingerprint density at radius 2 is 1.93 bits per heavy atom. The third-order valence-electron chi connectivity index (χ3n) is 9.13. The highest BCUT2D eigenvalue weighted by atomic mass is 32.2. The van der Waals surface area contributed by atoms with Gasteiger partial charge in [0.05, 0.1) is 23.7 Å². The van der Waals surface area contributed by atoms with Crippen LogP contribution in [0.25, 0.3) is 11.3 Å². The number of hydrogen-bond acceptors (Lipinski definition) is 10. The lowest BCUT2D eigenvalue weighted by atomic mass is 9.80. The van der Waals surface area contributed by atoms with Crippen LogP contribution < -0.4 is 10.2 Å². The Bertz CT molecular complexity index is 1290. The standard InChI is InChI=1S/C31H43N5O5S2/c1-6-31(2,3)27(29(39)36-17-24(42-5)26-25(36)23(37)18-41-26)33-28(38)21-9-7-20(8-10-21)22-19-43-30(32-22)35-13-11-34(12-14-35)15-16-40-4/h7-10,19,24-27H,6,11-18H2,1-5H3,(H,33,38)/t24-,25+,26+,27+/m0/s1. The van der Waals surface area contributed by atoms with E-state index in [1.807, 2.05) is 39.2 Å². The number of ether oxygens (including phenoxy) is 2. The highest BCUT2D eigenvalue weighted by molar-refractivity contribution is 7.99. The van der Waals surface area contributed by atoms with Gasteiger partial charge in [-0.15, -0.1) is 11.3 Å². The maximum Gasteiger partial charge on any atom is 0.251 e. The minimum Gasteiger partial charge on any atom is -0.383 e. The fraction of sp³-hybridized carbons (Fsp3) is 0.613. The first kappa shape index (κ1) is 31.9. The highest BCUT2D eigenvalue weighted by Gasteiger charge is 2.54. The molecule has 234 valence electrons. The number of methoxy groups -OCH3 is 1. The molecule has 0 unspecified atom stereocenters. The van der Waals surface area contributed by atoms with E-state index in [0.29, 0.717) is 18.5 Å². The van der Waals surface area contributed by atoms with Crippen molar-refractivity contribution in [1.82, 2.24) is 20.1 Å². The molecule has 10 nitrogen and oxygen atoms in total. The highest BCUT2D eigenvalue weighted by Crippen LogP contribution is 2.36. The number of fused-ring (bicyclic) bond motifs is 1. The van der Waals surface area contributed by atoms with Crippen LogP contribution in [-0.4, -0.2) is 122 Å². The van der Waals surface area contributed by atoms with Gasteiger partial charge in [0.2, 0.25) is 5.91 Å². The molecule has 2 aromatic rings. The number of amides is 2. The lowest BCUT2D eigenvalue weighted by molar-refractivity contribution is -0.140. The van der Waals surface area contributed by atoms with Crippen LogP contribution in [0.3, 0.4) is 0 Å². The number of nitrogens with one attached hydrogen (secondary N) is 1. The lowest BCUT2D eigenvalue weighted by Gasteiger charge is -2.36. The zero-order chi connectivity index (χ0) is 30.7. The van der Waals surface area contributed by atoms with Crippen molar-refractivity contribution in [2.75, 3.05) is 70.7 Å². The van der Waals surface area contributed by atoms with Crippen LogP contribution in [0.4, 0.5) is 5.13 Å². The first-order chi connectivity index (χ1) is 20.7. The average Bonchev–Trinajstić information content (AvgIpc) is 3.76. The van der Waals surface area contributed by atoms with Gasteiger partial charge in [0.25, 0.3) is 5.91 Å². The Morgan fingerprint density at radius 1 is 1.21 bits per heavy atom. The molecule has 4 heterocycles. The number of rotatable bonds is 11. The maximum atomic E-state index is 14.0. The van der Waals surface area contributed by atoms with E-state index in [0.717, 1.165) is 55.7 Å². The number of hydrogen-bond donors (Lipinski definition) is 1. The largest absolute Gasteiger partial charge is 0.383 e. The van der Waals surface area contributed by atoms with Gasteiger partial charge in [-0.25, -0.2) is 4.98 Å². The van der Waals surface area contributed by atoms with E-state index >= 15 is 0 Å². The first-order valence-electron chi connectivity index (χ1n) is 15.0. The summed E-state index contributed by atoms with van der Waals surface area (Å²) < 4.78 is 11.0. The van der Waals surface area contributed by atoms with Crippen molar-refractivity contribution >= 4 is 45.8 Å². The molecular formula is C31H43N5O5S2. The van der Waals surface area contributed by atoms with Crippen molar-refractivity contribution in [3.63, 3.8) is 0 Å². The summed E-state index contributed by atoms with van der Waals surface area (Å²) in [4.78, 5) is 51.4. The number of piperazine rings is 1. The van der Waals surface area contributed by atoms with Crippen LogP contribution in [0, 0.1) is 5.41 Å². The second-order valence-corrected chi connectivity index (χ2v) is 14.0. The Labute approximate surface area is 262 Å². The topological polar surface area (TPSA) is 104 Å². The van der Waals surface area contributed by atoms with Gasteiger partial charge in [0.1, 0.15) is 18.7 Å². The number of carbonyl (C=O) groups excluding carboxylic acids is 3. The van der Waals surface area contributed by atoms with Gasteiger partial charge < -0.3 is 24.6 Å². The van der Waals surface area contributed by atoms with Gasteiger partial charge in [-0.05, 0) is 30.2 Å². The summed E-state index contributed by atoms with van der Waals surface area (Å²) in [7, 11) is 1.73. The number of Topliss-reactive ketones (excluding diaryl/α,β-unsaturated/α-hetero) is 1.